The van der Waals surface area contributed by atoms with E-state index in [1.54, 1.807) is 42.6 Å². The van der Waals surface area contributed by atoms with Gasteiger partial charge >= 0.3 is 6.18 Å². The maximum atomic E-state index is 14.1. The van der Waals surface area contributed by atoms with Gasteiger partial charge in [-0.25, -0.2) is 22.8 Å². The van der Waals surface area contributed by atoms with Crippen LogP contribution in [0.3, 0.4) is 0 Å². The molecule has 1 aliphatic rings. The fourth-order valence-corrected chi connectivity index (χ4v) is 7.45. The van der Waals surface area contributed by atoms with E-state index in [9.17, 15) is 41.0 Å². The minimum Gasteiger partial charge on any atom is -0.744 e. The Balaban J connectivity index is 0.000000512. The van der Waals surface area contributed by atoms with Crippen molar-refractivity contribution in [3.63, 3.8) is 0 Å². The Morgan fingerprint density at radius 1 is 0.983 bits per heavy atom. The molecule has 6 aromatic rings. The normalized spacial score (nSPS) is 15.8. The number of benzene rings is 3. The van der Waals surface area contributed by atoms with Gasteiger partial charge in [-0.15, -0.1) is 0 Å². The predicted molar refractivity (Wildman–Crippen MR) is 208 cm³/mol. The zero-order valence-electron chi connectivity index (χ0n) is 32.5. The van der Waals surface area contributed by atoms with Crippen molar-refractivity contribution in [2.24, 2.45) is 7.05 Å². The van der Waals surface area contributed by atoms with Crippen molar-refractivity contribution >= 4 is 16.0 Å². The summed E-state index contributed by atoms with van der Waals surface area (Å²) in [5.41, 5.74) is -0.474. The topological polar surface area (TPSA) is 181 Å². The van der Waals surface area contributed by atoms with Crippen LogP contribution < -0.4 is 10.9 Å². The molecule has 0 aliphatic heterocycles. The number of nitriles is 1. The highest BCUT2D eigenvalue weighted by Crippen LogP contribution is 2.34. The van der Waals surface area contributed by atoms with E-state index in [0.717, 1.165) is 35.4 Å². The standard InChI is InChI=1S/C35H35F3N8O3.C6H6O3S/c1-43-31(29-16-17-41-44(29)26-14-8-22(19-39)9-15-26)30(34(48)45(43)27-7-5-6-24(18-27)35(36,37)38)32(47)42-25-12-10-23(11-13-25)33-40-20-28(49-33)21-46(2,3)4;7-10(8,9)6-4-2-1-3-5-6/h5-9,14-18,20,23,25H,10-13,21H2,1-4H3;1-5H,(H,7,8,9). The number of alkyl halides is 3. The first-order chi connectivity index (χ1) is 27.8. The molecule has 0 unspecified atom stereocenters. The van der Waals surface area contributed by atoms with Crippen LogP contribution in [0.25, 0.3) is 22.8 Å². The summed E-state index contributed by atoms with van der Waals surface area (Å²) in [5.74, 6) is 0.950. The van der Waals surface area contributed by atoms with Crippen molar-refractivity contribution in [3.05, 3.63) is 136 Å². The number of hydrogen-bond acceptors (Lipinski definition) is 9. The van der Waals surface area contributed by atoms with Crippen molar-refractivity contribution in [2.75, 3.05) is 21.1 Å². The smallest absolute Gasteiger partial charge is 0.416 e. The Morgan fingerprint density at radius 3 is 2.25 bits per heavy atom. The number of hydrogen-bond donors (Lipinski definition) is 1. The van der Waals surface area contributed by atoms with Crippen LogP contribution in [0.15, 0.2) is 111 Å². The van der Waals surface area contributed by atoms with E-state index < -0.39 is 33.3 Å². The fourth-order valence-electron chi connectivity index (χ4n) is 6.96. The summed E-state index contributed by atoms with van der Waals surface area (Å²) in [4.78, 5) is 32.5. The number of oxazole rings is 1. The first-order valence-corrected chi connectivity index (χ1v) is 19.9. The second-order valence-corrected chi connectivity index (χ2v) is 16.5. The maximum absolute atomic E-state index is 14.1. The number of rotatable bonds is 9. The van der Waals surface area contributed by atoms with E-state index in [2.05, 4.69) is 42.6 Å². The summed E-state index contributed by atoms with van der Waals surface area (Å²) in [6.45, 7) is 0.708. The summed E-state index contributed by atoms with van der Waals surface area (Å²) in [6.07, 6.45) is 1.30. The molecule has 3 heterocycles. The lowest BCUT2D eigenvalue weighted by molar-refractivity contribution is -0.884. The molecule has 59 heavy (non-hydrogen) atoms. The third-order valence-electron chi connectivity index (χ3n) is 9.68. The highest BCUT2D eigenvalue weighted by Gasteiger charge is 2.34. The molecular weight excluding hydrogens is 790 g/mol. The molecule has 3 aromatic carbocycles. The van der Waals surface area contributed by atoms with Crippen molar-refractivity contribution in [1.29, 1.82) is 5.26 Å². The molecule has 1 fully saturated rings. The summed E-state index contributed by atoms with van der Waals surface area (Å²) < 4.78 is 82.6. The molecular formula is C41H41F3N8O6S. The van der Waals surface area contributed by atoms with Crippen molar-refractivity contribution in [2.45, 2.75) is 55.3 Å². The van der Waals surface area contributed by atoms with Gasteiger partial charge in [0.05, 0.1) is 72.7 Å². The van der Waals surface area contributed by atoms with Gasteiger partial charge in [0.1, 0.15) is 27.9 Å². The molecule has 0 atom stereocenters. The number of quaternary nitrogens is 1. The van der Waals surface area contributed by atoms with E-state index in [1.165, 1.54) is 59.0 Å². The molecule has 3 aromatic heterocycles. The summed E-state index contributed by atoms with van der Waals surface area (Å²) >= 11 is 0. The van der Waals surface area contributed by atoms with Gasteiger partial charge in [0, 0.05) is 19.0 Å². The number of carbonyl (C=O) groups excluding carboxylic acids is 1. The first kappa shape index (κ1) is 42.3. The molecule has 308 valence electrons. The molecule has 7 rings (SSSR count). The molecule has 0 radical (unpaired) electrons. The number of aromatic nitrogens is 5. The van der Waals surface area contributed by atoms with Crippen LogP contribution in [0.5, 0.6) is 0 Å². The van der Waals surface area contributed by atoms with Crippen LogP contribution in [0.1, 0.15) is 64.7 Å². The van der Waals surface area contributed by atoms with E-state index >= 15 is 0 Å². The molecule has 1 amide bonds. The number of nitrogens with one attached hydrogen (secondary N) is 1. The van der Waals surface area contributed by atoms with Gasteiger partial charge in [0.2, 0.25) is 0 Å². The van der Waals surface area contributed by atoms with Gasteiger partial charge in [-0.1, -0.05) is 24.3 Å². The Hall–Kier alpha value is -6.29. The summed E-state index contributed by atoms with van der Waals surface area (Å²) in [6, 6.07) is 21.6. The highest BCUT2D eigenvalue weighted by molar-refractivity contribution is 7.85. The van der Waals surface area contributed by atoms with E-state index in [0.29, 0.717) is 46.7 Å². The highest BCUT2D eigenvalue weighted by atomic mass is 32.2. The zero-order chi connectivity index (χ0) is 42.7. The average molecular weight is 831 g/mol. The summed E-state index contributed by atoms with van der Waals surface area (Å²) in [5, 5.41) is 16.7. The first-order valence-electron chi connectivity index (χ1n) is 18.5. The van der Waals surface area contributed by atoms with E-state index in [4.69, 9.17) is 4.42 Å². The molecule has 0 saturated heterocycles. The molecule has 18 heteroatoms. The van der Waals surface area contributed by atoms with Gasteiger partial charge < -0.3 is 18.8 Å². The number of halogens is 3. The van der Waals surface area contributed by atoms with Gasteiger partial charge in [-0.2, -0.15) is 23.5 Å². The SMILES string of the molecule is Cn1c(-c2ccnn2-c2ccc(C#N)cc2)c(C(=O)NC2CCC(c3ncc(C[N+](C)(C)C)o3)CC2)c(=O)n1-c1cccc(C(F)(F)F)c1.O=S(=O)([O-])c1ccccc1. The lowest BCUT2D eigenvalue weighted by atomic mass is 9.86. The number of amides is 1. The third kappa shape index (κ3) is 9.88. The van der Waals surface area contributed by atoms with Gasteiger partial charge in [-0.3, -0.25) is 14.3 Å². The van der Waals surface area contributed by atoms with E-state index in [1.807, 2.05) is 0 Å². The van der Waals surface area contributed by atoms with Crippen LogP contribution in [-0.2, 0) is 29.9 Å². The van der Waals surface area contributed by atoms with Gasteiger partial charge in [-0.05, 0) is 86.3 Å². The van der Waals surface area contributed by atoms with Crippen LogP contribution in [-0.4, -0.2) is 74.7 Å². The second-order valence-electron chi connectivity index (χ2n) is 15.1. The minimum atomic E-state index is -4.64. The lowest BCUT2D eigenvalue weighted by Crippen LogP contribution is -2.39. The van der Waals surface area contributed by atoms with Crippen LogP contribution in [0.2, 0.25) is 0 Å². The Bertz CT molecular complexity index is 2650. The molecule has 0 bridgehead atoms. The molecule has 1 N–H and O–H groups in total. The van der Waals surface area contributed by atoms with Crippen molar-refractivity contribution < 1.29 is 39.8 Å². The quantitative estimate of drug-likeness (QED) is 0.132. The second kappa shape index (κ2) is 16.9. The van der Waals surface area contributed by atoms with E-state index in [-0.39, 0.29) is 33.8 Å². The lowest BCUT2D eigenvalue weighted by Gasteiger charge is -2.27. The largest absolute Gasteiger partial charge is 0.744 e. The predicted octanol–water partition coefficient (Wildman–Crippen LogP) is 6.16. The molecule has 1 aliphatic carbocycles. The number of nitrogens with zero attached hydrogens (tertiary/aromatic N) is 7. The summed E-state index contributed by atoms with van der Waals surface area (Å²) in [7, 11) is 3.48. The van der Waals surface area contributed by atoms with Gasteiger partial charge in [0.15, 0.2) is 11.7 Å². The fraction of sp³-hybridized carbons (Fsp3) is 0.293. The van der Waals surface area contributed by atoms with Crippen LogP contribution in [0.4, 0.5) is 13.2 Å². The molecule has 14 nitrogen and oxygen atoms in total. The van der Waals surface area contributed by atoms with Crippen LogP contribution in [0, 0.1) is 11.3 Å². The Morgan fingerprint density at radius 2 is 1.66 bits per heavy atom. The monoisotopic (exact) mass is 830 g/mol. The van der Waals surface area contributed by atoms with Gasteiger partial charge in [0.25, 0.3) is 11.5 Å². The minimum absolute atomic E-state index is 0.0526. The average Bonchev–Trinajstić information content (AvgIpc) is 3.92. The number of carbonyl (C=O) groups is 1. The third-order valence-corrected chi connectivity index (χ3v) is 10.5. The van der Waals surface area contributed by atoms with Crippen molar-refractivity contribution in [1.82, 2.24) is 29.4 Å². The molecule has 1 saturated carbocycles. The van der Waals surface area contributed by atoms with Crippen molar-refractivity contribution in [3.8, 4) is 28.8 Å². The Kier molecular flexibility index (Phi) is 12.1. The zero-order valence-corrected chi connectivity index (χ0v) is 33.4. The molecule has 0 spiro atoms. The maximum Gasteiger partial charge on any atom is 0.416 e. The van der Waals surface area contributed by atoms with Crippen LogP contribution >= 0.6 is 0 Å². The Labute approximate surface area is 338 Å².